The van der Waals surface area contributed by atoms with Gasteiger partial charge in [0, 0.05) is 38.0 Å². The van der Waals surface area contributed by atoms with E-state index in [9.17, 15) is 4.79 Å². The zero-order chi connectivity index (χ0) is 15.3. The molecule has 1 N–H and O–H groups in total. The van der Waals surface area contributed by atoms with Crippen molar-refractivity contribution in [2.75, 3.05) is 32.2 Å². The molecule has 0 heterocycles. The summed E-state index contributed by atoms with van der Waals surface area (Å²) in [6.07, 6.45) is 2.19. The molecule has 0 aromatic heterocycles. The minimum Gasteiger partial charge on any atom is -0.396 e. The SMILES string of the molecule is CCO[Si](CCCCC(=O)SCCO)(OCC)OCC. The number of thioether (sulfide) groups is 1. The third-order valence-corrected chi connectivity index (χ3v) is 6.63. The summed E-state index contributed by atoms with van der Waals surface area (Å²) in [5.74, 6) is 0.481. The van der Waals surface area contributed by atoms with Gasteiger partial charge in [-0.25, -0.2) is 0 Å². The van der Waals surface area contributed by atoms with E-state index in [-0.39, 0.29) is 11.7 Å². The lowest BCUT2D eigenvalue weighted by Gasteiger charge is -2.28. The molecule has 0 fully saturated rings. The fourth-order valence-electron chi connectivity index (χ4n) is 1.84. The van der Waals surface area contributed by atoms with E-state index in [0.29, 0.717) is 32.0 Å². The van der Waals surface area contributed by atoms with E-state index >= 15 is 0 Å². The van der Waals surface area contributed by atoms with Crippen molar-refractivity contribution in [2.45, 2.75) is 46.1 Å². The lowest BCUT2D eigenvalue weighted by atomic mass is 10.3. The fourth-order valence-corrected chi connectivity index (χ4v) is 5.14. The van der Waals surface area contributed by atoms with Gasteiger partial charge in [0.1, 0.15) is 0 Å². The maximum absolute atomic E-state index is 11.5. The number of hydrogen-bond donors (Lipinski definition) is 1. The molecule has 0 rings (SSSR count). The normalized spacial score (nSPS) is 11.8. The molecule has 0 atom stereocenters. The smallest absolute Gasteiger partial charge is 0.396 e. The van der Waals surface area contributed by atoms with Crippen molar-refractivity contribution in [3.8, 4) is 0 Å². The Hall–Kier alpha value is 0.0769. The van der Waals surface area contributed by atoms with Crippen molar-refractivity contribution < 1.29 is 23.2 Å². The van der Waals surface area contributed by atoms with Crippen LogP contribution in [0.1, 0.15) is 40.0 Å². The van der Waals surface area contributed by atoms with Crippen LogP contribution in [0, 0.1) is 0 Å². The zero-order valence-electron chi connectivity index (χ0n) is 12.9. The van der Waals surface area contributed by atoms with Crippen molar-refractivity contribution in [1.29, 1.82) is 0 Å². The monoisotopic (exact) mass is 324 g/mol. The molecular weight excluding hydrogens is 296 g/mol. The van der Waals surface area contributed by atoms with Gasteiger partial charge in [0.05, 0.1) is 6.61 Å². The van der Waals surface area contributed by atoms with Gasteiger partial charge in [-0.15, -0.1) is 0 Å². The molecule has 0 bridgehead atoms. The Bertz CT molecular complexity index is 236. The van der Waals surface area contributed by atoms with Gasteiger partial charge in [0.15, 0.2) is 5.12 Å². The highest BCUT2D eigenvalue weighted by molar-refractivity contribution is 8.13. The van der Waals surface area contributed by atoms with Crippen LogP contribution in [-0.4, -0.2) is 51.2 Å². The Morgan fingerprint density at radius 1 is 1.05 bits per heavy atom. The van der Waals surface area contributed by atoms with E-state index in [4.69, 9.17) is 18.4 Å². The van der Waals surface area contributed by atoms with Gasteiger partial charge >= 0.3 is 8.80 Å². The molecule has 0 spiro atoms. The lowest BCUT2D eigenvalue weighted by Crippen LogP contribution is -2.45. The maximum Gasteiger partial charge on any atom is 0.500 e. The van der Waals surface area contributed by atoms with Crippen LogP contribution in [0.4, 0.5) is 0 Å². The summed E-state index contributed by atoms with van der Waals surface area (Å²) >= 11 is 1.19. The molecule has 7 heteroatoms. The fraction of sp³-hybridized carbons (Fsp3) is 0.923. The second-order valence-electron chi connectivity index (χ2n) is 4.13. The topological polar surface area (TPSA) is 65.0 Å². The van der Waals surface area contributed by atoms with Gasteiger partial charge in [-0.1, -0.05) is 11.8 Å². The Kier molecular flexibility index (Phi) is 12.8. The average Bonchev–Trinajstić information content (AvgIpc) is 2.42. The van der Waals surface area contributed by atoms with Gasteiger partial charge in [0.25, 0.3) is 0 Å². The number of aliphatic hydroxyl groups is 1. The zero-order valence-corrected chi connectivity index (χ0v) is 14.7. The van der Waals surface area contributed by atoms with Crippen LogP contribution in [0.2, 0.25) is 6.04 Å². The average molecular weight is 325 g/mol. The number of hydrogen-bond acceptors (Lipinski definition) is 6. The van der Waals surface area contributed by atoms with Gasteiger partial charge in [-0.3, -0.25) is 4.79 Å². The van der Waals surface area contributed by atoms with Crippen molar-refractivity contribution in [3.63, 3.8) is 0 Å². The second kappa shape index (κ2) is 12.8. The van der Waals surface area contributed by atoms with Gasteiger partial charge in [-0.2, -0.15) is 0 Å². The van der Waals surface area contributed by atoms with Crippen LogP contribution in [0.25, 0.3) is 0 Å². The van der Waals surface area contributed by atoms with E-state index in [0.717, 1.165) is 18.9 Å². The van der Waals surface area contributed by atoms with E-state index in [1.165, 1.54) is 11.8 Å². The highest BCUT2D eigenvalue weighted by atomic mass is 32.2. The number of aliphatic hydroxyl groups excluding tert-OH is 1. The minimum absolute atomic E-state index is 0.0471. The number of rotatable bonds is 13. The van der Waals surface area contributed by atoms with E-state index in [1.54, 1.807) is 0 Å². The Morgan fingerprint density at radius 3 is 2.05 bits per heavy atom. The summed E-state index contributed by atoms with van der Waals surface area (Å²) in [7, 11) is -2.55. The van der Waals surface area contributed by atoms with E-state index in [1.807, 2.05) is 20.8 Å². The summed E-state index contributed by atoms with van der Waals surface area (Å²) in [6, 6.07) is 0.750. The first-order chi connectivity index (χ1) is 9.64. The predicted octanol–water partition coefficient (Wildman–Crippen LogP) is 2.46. The van der Waals surface area contributed by atoms with Crippen molar-refractivity contribution in [3.05, 3.63) is 0 Å². The molecule has 0 radical (unpaired) electrons. The third-order valence-electron chi connectivity index (χ3n) is 2.56. The van der Waals surface area contributed by atoms with Crippen LogP contribution >= 0.6 is 11.8 Å². The molecular formula is C13H28O5SSi. The quantitative estimate of drug-likeness (QED) is 0.415. The van der Waals surface area contributed by atoms with Crippen LogP contribution < -0.4 is 0 Å². The van der Waals surface area contributed by atoms with E-state index < -0.39 is 8.80 Å². The predicted molar refractivity (Wildman–Crippen MR) is 83.8 cm³/mol. The number of carbonyl (C=O) groups is 1. The highest BCUT2D eigenvalue weighted by Gasteiger charge is 2.39. The molecule has 120 valence electrons. The molecule has 5 nitrogen and oxygen atoms in total. The first-order valence-corrected chi connectivity index (χ1v) is 10.2. The molecule has 0 saturated carbocycles. The molecule has 0 aliphatic carbocycles. The van der Waals surface area contributed by atoms with Crippen molar-refractivity contribution in [2.24, 2.45) is 0 Å². The summed E-state index contributed by atoms with van der Waals surface area (Å²) in [5.41, 5.74) is 0. The summed E-state index contributed by atoms with van der Waals surface area (Å²) in [6.45, 7) is 7.61. The Balaban J connectivity index is 4.08. The lowest BCUT2D eigenvalue weighted by molar-refractivity contribution is -0.111. The third kappa shape index (κ3) is 9.09. The summed E-state index contributed by atoms with van der Waals surface area (Å²) in [5, 5.41) is 8.79. The van der Waals surface area contributed by atoms with Crippen LogP contribution in [0.15, 0.2) is 0 Å². The van der Waals surface area contributed by atoms with Crippen LogP contribution in [-0.2, 0) is 18.1 Å². The summed E-state index contributed by atoms with van der Waals surface area (Å²) < 4.78 is 17.3. The molecule has 0 aliphatic heterocycles. The van der Waals surface area contributed by atoms with Crippen molar-refractivity contribution >= 4 is 25.7 Å². The van der Waals surface area contributed by atoms with Crippen molar-refractivity contribution in [1.82, 2.24) is 0 Å². The van der Waals surface area contributed by atoms with Crippen LogP contribution in [0.5, 0.6) is 0 Å². The molecule has 20 heavy (non-hydrogen) atoms. The molecule has 0 unspecified atom stereocenters. The van der Waals surface area contributed by atoms with Gasteiger partial charge < -0.3 is 18.4 Å². The molecule has 0 aromatic rings. The van der Waals surface area contributed by atoms with E-state index in [2.05, 4.69) is 0 Å². The standard InChI is InChI=1S/C13H28O5SSi/c1-4-16-20(17-5-2,18-6-3)12-8-7-9-13(15)19-11-10-14/h14H,4-12H2,1-3H3. The molecule has 0 aromatic carbocycles. The van der Waals surface area contributed by atoms with Gasteiger partial charge in [-0.05, 0) is 33.6 Å². The highest BCUT2D eigenvalue weighted by Crippen LogP contribution is 2.20. The largest absolute Gasteiger partial charge is 0.500 e. The minimum atomic E-state index is -2.55. The molecule has 0 aliphatic rings. The number of unbranched alkanes of at least 4 members (excludes halogenated alkanes) is 1. The Morgan fingerprint density at radius 2 is 1.60 bits per heavy atom. The second-order valence-corrected chi connectivity index (χ2v) is 8.02. The van der Waals surface area contributed by atoms with Crippen LogP contribution in [0.3, 0.4) is 0 Å². The van der Waals surface area contributed by atoms with Gasteiger partial charge in [0.2, 0.25) is 0 Å². The first kappa shape index (κ1) is 20.1. The maximum atomic E-state index is 11.5. The molecule has 0 amide bonds. The summed E-state index contributed by atoms with van der Waals surface area (Å²) in [4.78, 5) is 11.5. The first-order valence-electron chi connectivity index (χ1n) is 7.32. The molecule has 0 saturated heterocycles. The number of carbonyl (C=O) groups excluding carboxylic acids is 1. The Labute approximate surface area is 127 Å².